The molecule has 0 N–H and O–H groups in total. The number of methoxy groups -OCH3 is 1. The van der Waals surface area contributed by atoms with Gasteiger partial charge < -0.3 is 14.4 Å². The number of para-hydroxylation sites is 1. The lowest BCUT2D eigenvalue weighted by Gasteiger charge is -2.18. The molecule has 1 aliphatic rings. The molecular formula is C18H20N2O3. The maximum Gasteiger partial charge on any atom is 0.227 e. The third-order valence-electron chi connectivity index (χ3n) is 3.98. The van der Waals surface area contributed by atoms with Gasteiger partial charge in [-0.2, -0.15) is 0 Å². The highest BCUT2D eigenvalue weighted by Gasteiger charge is 2.27. The molecule has 1 aromatic carbocycles. The van der Waals surface area contributed by atoms with E-state index in [4.69, 9.17) is 9.47 Å². The van der Waals surface area contributed by atoms with E-state index in [0.717, 1.165) is 30.0 Å². The van der Waals surface area contributed by atoms with Gasteiger partial charge in [0.15, 0.2) is 0 Å². The number of likely N-dealkylation sites (tertiary alicyclic amines) is 1. The number of amides is 1. The minimum atomic E-state index is 0.0408. The van der Waals surface area contributed by atoms with Crippen LogP contribution in [-0.4, -0.2) is 42.1 Å². The van der Waals surface area contributed by atoms with Crippen molar-refractivity contribution in [2.45, 2.75) is 18.9 Å². The Labute approximate surface area is 135 Å². The molecule has 1 aliphatic heterocycles. The van der Waals surface area contributed by atoms with E-state index >= 15 is 0 Å². The second kappa shape index (κ2) is 7.13. The Morgan fingerprint density at radius 1 is 1.26 bits per heavy atom. The van der Waals surface area contributed by atoms with E-state index in [-0.39, 0.29) is 12.0 Å². The Morgan fingerprint density at radius 3 is 2.83 bits per heavy atom. The molecule has 1 unspecified atom stereocenters. The molecule has 0 spiro atoms. The van der Waals surface area contributed by atoms with Crippen molar-refractivity contribution >= 4 is 5.91 Å². The molecule has 0 bridgehead atoms. The van der Waals surface area contributed by atoms with E-state index in [1.165, 1.54) is 0 Å². The molecule has 1 amide bonds. The third kappa shape index (κ3) is 3.80. The summed E-state index contributed by atoms with van der Waals surface area (Å²) in [4.78, 5) is 18.3. The summed E-state index contributed by atoms with van der Waals surface area (Å²) in [5, 5.41) is 0. The van der Waals surface area contributed by atoms with Gasteiger partial charge in [0.1, 0.15) is 17.6 Å². The zero-order valence-corrected chi connectivity index (χ0v) is 13.1. The standard InChI is InChI=1S/C18H20N2O3/c1-22-17-5-3-2-4-14(17)12-18(21)20-11-8-16(13-20)23-15-6-9-19-10-7-15/h2-7,9-10,16H,8,11-13H2,1H3. The normalized spacial score (nSPS) is 17.1. The van der Waals surface area contributed by atoms with Crippen molar-refractivity contribution in [1.29, 1.82) is 0 Å². The summed E-state index contributed by atoms with van der Waals surface area (Å²) in [5.74, 6) is 1.66. The number of aromatic nitrogens is 1. The summed E-state index contributed by atoms with van der Waals surface area (Å²) >= 11 is 0. The molecule has 0 radical (unpaired) electrons. The third-order valence-corrected chi connectivity index (χ3v) is 3.98. The number of ether oxygens (including phenoxy) is 2. The summed E-state index contributed by atoms with van der Waals surface area (Å²) in [6.45, 7) is 1.35. The SMILES string of the molecule is COc1ccccc1CC(=O)N1CCC(Oc2ccncc2)C1. The Balaban J connectivity index is 1.57. The number of benzene rings is 1. The molecule has 1 atom stereocenters. The average molecular weight is 312 g/mol. The molecule has 0 saturated carbocycles. The lowest BCUT2D eigenvalue weighted by Crippen LogP contribution is -2.32. The highest BCUT2D eigenvalue weighted by atomic mass is 16.5. The fourth-order valence-corrected chi connectivity index (χ4v) is 2.78. The topological polar surface area (TPSA) is 51.7 Å². The van der Waals surface area contributed by atoms with Crippen LogP contribution in [0.2, 0.25) is 0 Å². The van der Waals surface area contributed by atoms with E-state index in [1.807, 2.05) is 41.3 Å². The summed E-state index contributed by atoms with van der Waals surface area (Å²) in [7, 11) is 1.62. The van der Waals surface area contributed by atoms with Crippen molar-refractivity contribution in [2.24, 2.45) is 0 Å². The fraction of sp³-hybridized carbons (Fsp3) is 0.333. The first-order valence-corrected chi connectivity index (χ1v) is 7.72. The van der Waals surface area contributed by atoms with Crippen molar-refractivity contribution in [2.75, 3.05) is 20.2 Å². The monoisotopic (exact) mass is 312 g/mol. The van der Waals surface area contributed by atoms with Gasteiger partial charge in [0.2, 0.25) is 5.91 Å². The van der Waals surface area contributed by atoms with Crippen LogP contribution >= 0.6 is 0 Å². The second-order valence-corrected chi connectivity index (χ2v) is 5.54. The maximum atomic E-state index is 12.5. The first kappa shape index (κ1) is 15.3. The number of carbonyl (C=O) groups is 1. The highest BCUT2D eigenvalue weighted by molar-refractivity contribution is 5.79. The van der Waals surface area contributed by atoms with E-state index in [0.29, 0.717) is 13.0 Å². The number of pyridine rings is 1. The van der Waals surface area contributed by atoms with Crippen molar-refractivity contribution in [3.63, 3.8) is 0 Å². The van der Waals surface area contributed by atoms with Crippen LogP contribution in [-0.2, 0) is 11.2 Å². The predicted molar refractivity (Wildman–Crippen MR) is 86.5 cm³/mol. The van der Waals surface area contributed by atoms with Crippen molar-refractivity contribution in [3.05, 3.63) is 54.4 Å². The van der Waals surface area contributed by atoms with Gasteiger partial charge in [-0.05, 0) is 18.2 Å². The molecule has 23 heavy (non-hydrogen) atoms. The zero-order chi connectivity index (χ0) is 16.1. The average Bonchev–Trinajstić information content (AvgIpc) is 3.05. The Morgan fingerprint density at radius 2 is 2.04 bits per heavy atom. The van der Waals surface area contributed by atoms with Gasteiger partial charge >= 0.3 is 0 Å². The van der Waals surface area contributed by atoms with Crippen LogP contribution in [0.4, 0.5) is 0 Å². The summed E-state index contributed by atoms with van der Waals surface area (Å²) in [6, 6.07) is 11.3. The molecule has 5 nitrogen and oxygen atoms in total. The zero-order valence-electron chi connectivity index (χ0n) is 13.1. The molecule has 1 saturated heterocycles. The largest absolute Gasteiger partial charge is 0.496 e. The summed E-state index contributed by atoms with van der Waals surface area (Å²) in [5.41, 5.74) is 0.915. The van der Waals surface area contributed by atoms with Crippen molar-refractivity contribution < 1.29 is 14.3 Å². The van der Waals surface area contributed by atoms with Crippen LogP contribution in [0.5, 0.6) is 11.5 Å². The van der Waals surface area contributed by atoms with Crippen LogP contribution in [0.3, 0.4) is 0 Å². The smallest absolute Gasteiger partial charge is 0.227 e. The second-order valence-electron chi connectivity index (χ2n) is 5.54. The molecule has 120 valence electrons. The van der Waals surface area contributed by atoms with Crippen LogP contribution in [0.25, 0.3) is 0 Å². The number of nitrogens with zero attached hydrogens (tertiary/aromatic N) is 2. The number of hydrogen-bond donors (Lipinski definition) is 0. The number of hydrogen-bond acceptors (Lipinski definition) is 4. The van der Waals surface area contributed by atoms with E-state index < -0.39 is 0 Å². The molecule has 0 aliphatic carbocycles. The molecule has 5 heteroatoms. The minimum Gasteiger partial charge on any atom is -0.496 e. The van der Waals surface area contributed by atoms with E-state index in [1.54, 1.807) is 19.5 Å². The highest BCUT2D eigenvalue weighted by Crippen LogP contribution is 2.21. The summed E-state index contributed by atoms with van der Waals surface area (Å²) < 4.78 is 11.2. The van der Waals surface area contributed by atoms with Crippen LogP contribution < -0.4 is 9.47 Å². The lowest BCUT2D eigenvalue weighted by atomic mass is 10.1. The first-order valence-electron chi connectivity index (χ1n) is 7.72. The molecule has 1 fully saturated rings. The first-order chi connectivity index (χ1) is 11.3. The molecule has 2 heterocycles. The Bertz CT molecular complexity index is 660. The van der Waals surface area contributed by atoms with Gasteiger partial charge in [-0.25, -0.2) is 0 Å². The van der Waals surface area contributed by atoms with Crippen LogP contribution in [0.1, 0.15) is 12.0 Å². The van der Waals surface area contributed by atoms with Crippen molar-refractivity contribution in [1.82, 2.24) is 9.88 Å². The maximum absolute atomic E-state index is 12.5. The molecule has 2 aromatic rings. The number of carbonyl (C=O) groups excluding carboxylic acids is 1. The van der Waals surface area contributed by atoms with Gasteiger partial charge in [0.25, 0.3) is 0 Å². The summed E-state index contributed by atoms with van der Waals surface area (Å²) in [6.07, 6.45) is 4.65. The Hall–Kier alpha value is -2.56. The Kier molecular flexibility index (Phi) is 4.76. The molecule has 1 aromatic heterocycles. The minimum absolute atomic E-state index is 0.0408. The van der Waals surface area contributed by atoms with Gasteiger partial charge in [-0.15, -0.1) is 0 Å². The quantitative estimate of drug-likeness (QED) is 0.850. The van der Waals surface area contributed by atoms with Gasteiger partial charge in [-0.3, -0.25) is 9.78 Å². The number of rotatable bonds is 5. The van der Waals surface area contributed by atoms with Gasteiger partial charge in [0.05, 0.1) is 20.1 Å². The van der Waals surface area contributed by atoms with Crippen LogP contribution in [0.15, 0.2) is 48.8 Å². The molecule has 3 rings (SSSR count). The van der Waals surface area contributed by atoms with E-state index in [9.17, 15) is 4.79 Å². The molecular weight excluding hydrogens is 292 g/mol. The van der Waals surface area contributed by atoms with E-state index in [2.05, 4.69) is 4.98 Å². The van der Waals surface area contributed by atoms with Gasteiger partial charge in [0, 0.05) is 30.9 Å². The van der Waals surface area contributed by atoms with Crippen LogP contribution in [0, 0.1) is 0 Å². The lowest BCUT2D eigenvalue weighted by molar-refractivity contribution is -0.129. The van der Waals surface area contributed by atoms with Gasteiger partial charge in [-0.1, -0.05) is 18.2 Å². The fourth-order valence-electron chi connectivity index (χ4n) is 2.78. The van der Waals surface area contributed by atoms with Crippen molar-refractivity contribution in [3.8, 4) is 11.5 Å². The predicted octanol–water partition coefficient (Wildman–Crippen LogP) is 2.31.